The van der Waals surface area contributed by atoms with Crippen LogP contribution < -0.4 is 10.6 Å². The monoisotopic (exact) mass is 273 g/mol. The fourth-order valence-electron chi connectivity index (χ4n) is 2.07. The largest absolute Gasteiger partial charge is 0.393 e. The van der Waals surface area contributed by atoms with Crippen molar-refractivity contribution in [2.75, 3.05) is 26.4 Å². The van der Waals surface area contributed by atoms with E-state index in [1.165, 1.54) is 0 Å². The van der Waals surface area contributed by atoms with Crippen molar-refractivity contribution in [2.45, 2.75) is 44.0 Å². The average molecular weight is 273 g/mol. The van der Waals surface area contributed by atoms with Gasteiger partial charge in [-0.25, -0.2) is 0 Å². The van der Waals surface area contributed by atoms with E-state index in [0.717, 1.165) is 38.3 Å². The number of rotatable bonds is 5. The van der Waals surface area contributed by atoms with Crippen LogP contribution in [0.5, 0.6) is 0 Å². The van der Waals surface area contributed by atoms with Crippen molar-refractivity contribution in [2.24, 2.45) is 10.9 Å². The van der Waals surface area contributed by atoms with Crippen LogP contribution in [0, 0.1) is 5.92 Å². The summed E-state index contributed by atoms with van der Waals surface area (Å²) in [6.45, 7) is 6.10. The van der Waals surface area contributed by atoms with Crippen LogP contribution in [0.2, 0.25) is 0 Å². The molecular weight excluding hydrogens is 246 g/mol. The van der Waals surface area contributed by atoms with Gasteiger partial charge < -0.3 is 15.7 Å². The predicted octanol–water partition coefficient (Wildman–Crippen LogP) is 1.45. The number of guanidine groups is 1. The number of nitrogens with zero attached hydrogens (tertiary/aromatic N) is 1. The molecule has 18 heavy (non-hydrogen) atoms. The van der Waals surface area contributed by atoms with Crippen molar-refractivity contribution in [1.29, 1.82) is 0 Å². The van der Waals surface area contributed by atoms with Crippen LogP contribution in [-0.2, 0) is 0 Å². The summed E-state index contributed by atoms with van der Waals surface area (Å²) < 4.78 is 0.199. The quantitative estimate of drug-likeness (QED) is 0.524. The van der Waals surface area contributed by atoms with E-state index in [2.05, 4.69) is 35.7 Å². The Balaban J connectivity index is 2.30. The first-order valence-corrected chi connectivity index (χ1v) is 7.88. The van der Waals surface area contributed by atoms with E-state index >= 15 is 0 Å². The van der Waals surface area contributed by atoms with Crippen LogP contribution in [0.25, 0.3) is 0 Å². The van der Waals surface area contributed by atoms with Gasteiger partial charge in [0, 0.05) is 30.8 Å². The minimum absolute atomic E-state index is 0.141. The summed E-state index contributed by atoms with van der Waals surface area (Å²) in [6.07, 6.45) is 5.17. The summed E-state index contributed by atoms with van der Waals surface area (Å²) in [6, 6.07) is 0. The zero-order valence-corrected chi connectivity index (χ0v) is 12.8. The van der Waals surface area contributed by atoms with Crippen molar-refractivity contribution in [3.8, 4) is 0 Å². The number of aliphatic imine (C=N–C) groups is 1. The van der Waals surface area contributed by atoms with Gasteiger partial charge in [-0.05, 0) is 32.9 Å². The first kappa shape index (κ1) is 15.6. The third kappa shape index (κ3) is 5.06. The molecule has 0 aromatic carbocycles. The summed E-state index contributed by atoms with van der Waals surface area (Å²) >= 11 is 1.84. The number of nitrogens with one attached hydrogen (secondary N) is 2. The predicted molar refractivity (Wildman–Crippen MR) is 80.3 cm³/mol. The molecule has 0 heterocycles. The molecule has 1 rings (SSSR count). The summed E-state index contributed by atoms with van der Waals surface area (Å²) in [5.74, 6) is 1.20. The number of hydrogen-bond acceptors (Lipinski definition) is 3. The summed E-state index contributed by atoms with van der Waals surface area (Å²) in [4.78, 5) is 4.21. The maximum atomic E-state index is 9.77. The van der Waals surface area contributed by atoms with Crippen LogP contribution >= 0.6 is 11.8 Å². The summed E-state index contributed by atoms with van der Waals surface area (Å²) in [7, 11) is 1.78. The Morgan fingerprint density at radius 1 is 1.39 bits per heavy atom. The minimum Gasteiger partial charge on any atom is -0.393 e. The molecule has 0 saturated heterocycles. The highest BCUT2D eigenvalue weighted by atomic mass is 32.2. The fourth-order valence-corrected chi connectivity index (χ4v) is 2.29. The van der Waals surface area contributed by atoms with E-state index in [1.54, 1.807) is 7.05 Å². The first-order chi connectivity index (χ1) is 8.48. The second-order valence-electron chi connectivity index (χ2n) is 5.53. The molecule has 0 aromatic heterocycles. The van der Waals surface area contributed by atoms with Gasteiger partial charge in [-0.3, -0.25) is 4.99 Å². The number of aliphatic hydroxyl groups excluding tert-OH is 1. The molecule has 5 heteroatoms. The molecular formula is C13H27N3OS. The molecule has 1 aliphatic rings. The van der Waals surface area contributed by atoms with Crippen molar-refractivity contribution < 1.29 is 5.11 Å². The number of aliphatic hydroxyl groups is 1. The van der Waals surface area contributed by atoms with Crippen LogP contribution in [-0.4, -0.2) is 48.3 Å². The van der Waals surface area contributed by atoms with Gasteiger partial charge in [-0.1, -0.05) is 6.42 Å². The Hall–Kier alpha value is -0.420. The highest BCUT2D eigenvalue weighted by molar-refractivity contribution is 7.99. The van der Waals surface area contributed by atoms with Crippen molar-refractivity contribution >= 4 is 17.7 Å². The molecule has 106 valence electrons. The van der Waals surface area contributed by atoms with Crippen molar-refractivity contribution in [1.82, 2.24) is 10.6 Å². The number of hydrogen-bond donors (Lipinski definition) is 3. The molecule has 0 spiro atoms. The molecule has 2 unspecified atom stereocenters. The van der Waals surface area contributed by atoms with Gasteiger partial charge in [0.15, 0.2) is 5.96 Å². The minimum atomic E-state index is -0.141. The zero-order chi connectivity index (χ0) is 13.6. The van der Waals surface area contributed by atoms with Crippen LogP contribution in [0.1, 0.15) is 33.1 Å². The molecule has 1 aliphatic carbocycles. The van der Waals surface area contributed by atoms with Gasteiger partial charge >= 0.3 is 0 Å². The second kappa shape index (κ2) is 7.24. The lowest BCUT2D eigenvalue weighted by atomic mass is 10.1. The Morgan fingerprint density at radius 3 is 2.61 bits per heavy atom. The average Bonchev–Trinajstić information content (AvgIpc) is 2.75. The van der Waals surface area contributed by atoms with E-state index in [-0.39, 0.29) is 10.9 Å². The molecule has 4 nitrogen and oxygen atoms in total. The first-order valence-electron chi connectivity index (χ1n) is 6.66. The van der Waals surface area contributed by atoms with Crippen LogP contribution in [0.3, 0.4) is 0 Å². The van der Waals surface area contributed by atoms with E-state index in [9.17, 15) is 5.11 Å². The molecule has 0 aliphatic heterocycles. The standard InChI is InChI=1S/C13H27N3OS/c1-13(2,18-4)9-16-12(14-3)15-8-10-6-5-7-11(10)17/h10-11,17H,5-9H2,1-4H3,(H2,14,15,16). The Kier molecular flexibility index (Phi) is 6.29. The second-order valence-corrected chi connectivity index (χ2v) is 7.04. The Bertz CT molecular complexity index is 281. The van der Waals surface area contributed by atoms with Crippen LogP contribution in [0.15, 0.2) is 4.99 Å². The molecule has 2 atom stereocenters. The highest BCUT2D eigenvalue weighted by Crippen LogP contribution is 2.24. The zero-order valence-electron chi connectivity index (χ0n) is 12.0. The molecule has 0 aromatic rings. The van der Waals surface area contributed by atoms with E-state index in [4.69, 9.17) is 0 Å². The molecule has 0 bridgehead atoms. The third-order valence-electron chi connectivity index (χ3n) is 3.61. The lowest BCUT2D eigenvalue weighted by molar-refractivity contribution is 0.134. The molecule has 1 fully saturated rings. The highest BCUT2D eigenvalue weighted by Gasteiger charge is 2.25. The van der Waals surface area contributed by atoms with Gasteiger partial charge in [-0.15, -0.1) is 0 Å². The van der Waals surface area contributed by atoms with Crippen LogP contribution in [0.4, 0.5) is 0 Å². The summed E-state index contributed by atoms with van der Waals surface area (Å²) in [5.41, 5.74) is 0. The smallest absolute Gasteiger partial charge is 0.191 e. The maximum absolute atomic E-state index is 9.77. The number of thioether (sulfide) groups is 1. The van der Waals surface area contributed by atoms with E-state index in [0.29, 0.717) is 5.92 Å². The van der Waals surface area contributed by atoms with E-state index in [1.807, 2.05) is 11.8 Å². The Morgan fingerprint density at radius 2 is 2.11 bits per heavy atom. The van der Waals surface area contributed by atoms with E-state index < -0.39 is 0 Å². The normalized spacial score (nSPS) is 25.3. The SMILES string of the molecule is CN=C(NCC1CCCC1O)NCC(C)(C)SC. The molecule has 3 N–H and O–H groups in total. The molecule has 1 saturated carbocycles. The lowest BCUT2D eigenvalue weighted by Crippen LogP contribution is -2.45. The lowest BCUT2D eigenvalue weighted by Gasteiger charge is -2.24. The maximum Gasteiger partial charge on any atom is 0.191 e. The van der Waals surface area contributed by atoms with Gasteiger partial charge in [0.2, 0.25) is 0 Å². The van der Waals surface area contributed by atoms with Gasteiger partial charge in [0.1, 0.15) is 0 Å². The van der Waals surface area contributed by atoms with Crippen molar-refractivity contribution in [3.63, 3.8) is 0 Å². The van der Waals surface area contributed by atoms with Gasteiger partial charge in [-0.2, -0.15) is 11.8 Å². The summed E-state index contributed by atoms with van der Waals surface area (Å²) in [5, 5.41) is 16.4. The fraction of sp³-hybridized carbons (Fsp3) is 0.923. The van der Waals surface area contributed by atoms with Gasteiger partial charge in [0.25, 0.3) is 0 Å². The topological polar surface area (TPSA) is 56.7 Å². The molecule has 0 radical (unpaired) electrons. The van der Waals surface area contributed by atoms with Crippen molar-refractivity contribution in [3.05, 3.63) is 0 Å². The molecule has 0 amide bonds. The van der Waals surface area contributed by atoms with Gasteiger partial charge in [0.05, 0.1) is 6.10 Å². The Labute approximate surface area is 115 Å². The third-order valence-corrected chi connectivity index (χ3v) is 4.86.